The fraction of sp³-hybridized carbons (Fsp3) is 0.310. The van der Waals surface area contributed by atoms with Crippen molar-refractivity contribution in [1.29, 1.82) is 0 Å². The zero-order valence-corrected chi connectivity index (χ0v) is 19.6. The molecule has 3 aromatic rings. The average Bonchev–Trinajstić information content (AvgIpc) is 2.87. The lowest BCUT2D eigenvalue weighted by atomic mass is 9.79. The molecule has 0 amide bonds. The van der Waals surface area contributed by atoms with Crippen LogP contribution in [0.1, 0.15) is 42.7 Å². The van der Waals surface area contributed by atoms with E-state index >= 15 is 0 Å². The van der Waals surface area contributed by atoms with Crippen LogP contribution in [0.3, 0.4) is 0 Å². The Hall–Kier alpha value is -3.28. The third kappa shape index (κ3) is 5.53. The van der Waals surface area contributed by atoms with Crippen LogP contribution in [-0.2, 0) is 0 Å². The molecule has 184 valence electrons. The van der Waals surface area contributed by atoms with Gasteiger partial charge in [-0.3, -0.25) is 0 Å². The summed E-state index contributed by atoms with van der Waals surface area (Å²) in [5, 5.41) is 0. The van der Waals surface area contributed by atoms with Gasteiger partial charge in [-0.15, -0.1) is 0 Å². The van der Waals surface area contributed by atoms with Crippen molar-refractivity contribution in [3.05, 3.63) is 95.6 Å². The Kier molecular flexibility index (Phi) is 7.79. The lowest BCUT2D eigenvalue weighted by Crippen LogP contribution is -2.20. The average molecular weight is 485 g/mol. The van der Waals surface area contributed by atoms with Gasteiger partial charge in [-0.2, -0.15) is 8.78 Å². The summed E-state index contributed by atoms with van der Waals surface area (Å²) in [4.78, 5) is 0. The highest BCUT2D eigenvalue weighted by atomic mass is 19.2. The number of halogens is 4. The molecule has 2 nitrogen and oxygen atoms in total. The molecule has 35 heavy (non-hydrogen) atoms. The van der Waals surface area contributed by atoms with E-state index in [4.69, 9.17) is 9.47 Å². The topological polar surface area (TPSA) is 18.5 Å². The first kappa shape index (κ1) is 24.8. The standard InChI is InChI=1S/C29H28F4O2/c1-3-16-34-24-14-12-23(26(30)28(24)32)21-10-6-19(7-11-21)17-35-25-15-13-22(27(31)29(25)33)20-8-4-18(2)5-9-20/h3-5,8-9,12-15,19,21H,1,6-7,10-11,16-17H2,2H3. The van der Waals surface area contributed by atoms with Gasteiger partial charge < -0.3 is 9.47 Å². The molecule has 1 aliphatic rings. The second-order valence-corrected chi connectivity index (χ2v) is 9.01. The monoisotopic (exact) mass is 484 g/mol. The van der Waals surface area contributed by atoms with Crippen molar-refractivity contribution < 1.29 is 27.0 Å². The molecule has 0 aliphatic heterocycles. The Morgan fingerprint density at radius 2 is 1.40 bits per heavy atom. The molecule has 0 heterocycles. The second kappa shape index (κ2) is 11.0. The maximum absolute atomic E-state index is 14.7. The molecule has 6 heteroatoms. The quantitative estimate of drug-likeness (QED) is 0.237. The van der Waals surface area contributed by atoms with Crippen LogP contribution >= 0.6 is 0 Å². The molecule has 0 bridgehead atoms. The Bertz CT molecular complexity index is 1180. The Morgan fingerprint density at radius 1 is 0.771 bits per heavy atom. The van der Waals surface area contributed by atoms with Gasteiger partial charge in [0.2, 0.25) is 11.6 Å². The van der Waals surface area contributed by atoms with E-state index in [0.29, 0.717) is 36.8 Å². The summed E-state index contributed by atoms with van der Waals surface area (Å²) in [7, 11) is 0. The third-order valence-corrected chi connectivity index (χ3v) is 6.60. The highest BCUT2D eigenvalue weighted by Crippen LogP contribution is 2.39. The van der Waals surface area contributed by atoms with E-state index in [1.807, 2.05) is 19.1 Å². The number of rotatable bonds is 8. The van der Waals surface area contributed by atoms with Gasteiger partial charge in [0, 0.05) is 5.56 Å². The van der Waals surface area contributed by atoms with Crippen LogP contribution in [0.2, 0.25) is 0 Å². The fourth-order valence-electron chi connectivity index (χ4n) is 4.57. The van der Waals surface area contributed by atoms with Gasteiger partial charge in [-0.05, 0) is 73.8 Å². The largest absolute Gasteiger partial charge is 0.490 e. The molecular weight excluding hydrogens is 456 g/mol. The van der Waals surface area contributed by atoms with E-state index in [9.17, 15) is 17.6 Å². The van der Waals surface area contributed by atoms with Gasteiger partial charge in [-0.25, -0.2) is 8.78 Å². The van der Waals surface area contributed by atoms with E-state index in [2.05, 4.69) is 6.58 Å². The lowest BCUT2D eigenvalue weighted by molar-refractivity contribution is 0.191. The van der Waals surface area contributed by atoms with Crippen LogP contribution in [0.4, 0.5) is 17.6 Å². The number of hydrogen-bond donors (Lipinski definition) is 0. The first-order valence-corrected chi connectivity index (χ1v) is 11.8. The number of hydrogen-bond acceptors (Lipinski definition) is 2. The molecule has 0 spiro atoms. The minimum Gasteiger partial charge on any atom is -0.490 e. The molecule has 3 aromatic carbocycles. The Morgan fingerprint density at radius 3 is 2.09 bits per heavy atom. The lowest BCUT2D eigenvalue weighted by Gasteiger charge is -2.29. The predicted octanol–water partition coefficient (Wildman–Crippen LogP) is 8.14. The summed E-state index contributed by atoms with van der Waals surface area (Å²) >= 11 is 0. The van der Waals surface area contributed by atoms with Crippen molar-refractivity contribution >= 4 is 0 Å². The Labute approximate surface area is 203 Å². The van der Waals surface area contributed by atoms with Crippen molar-refractivity contribution in [2.45, 2.75) is 38.5 Å². The SMILES string of the molecule is C=CCOc1ccc(C2CCC(COc3ccc(-c4ccc(C)cc4)c(F)c3F)CC2)c(F)c1F. The van der Waals surface area contributed by atoms with E-state index in [0.717, 1.165) is 5.56 Å². The van der Waals surface area contributed by atoms with E-state index < -0.39 is 23.3 Å². The molecule has 1 saturated carbocycles. The van der Waals surface area contributed by atoms with E-state index in [1.165, 1.54) is 24.3 Å². The second-order valence-electron chi connectivity index (χ2n) is 9.01. The predicted molar refractivity (Wildman–Crippen MR) is 129 cm³/mol. The highest BCUT2D eigenvalue weighted by molar-refractivity contribution is 5.65. The first-order valence-electron chi connectivity index (χ1n) is 11.8. The summed E-state index contributed by atoms with van der Waals surface area (Å²) in [6.07, 6.45) is 4.20. The maximum Gasteiger partial charge on any atom is 0.201 e. The molecule has 1 fully saturated rings. The zero-order valence-electron chi connectivity index (χ0n) is 19.6. The molecule has 0 unspecified atom stereocenters. The third-order valence-electron chi connectivity index (χ3n) is 6.60. The summed E-state index contributed by atoms with van der Waals surface area (Å²) < 4.78 is 69.1. The van der Waals surface area contributed by atoms with Gasteiger partial charge in [0.05, 0.1) is 6.61 Å². The summed E-state index contributed by atoms with van der Waals surface area (Å²) in [6.45, 7) is 5.76. The van der Waals surface area contributed by atoms with Crippen LogP contribution in [0, 0.1) is 36.1 Å². The molecule has 0 radical (unpaired) electrons. The number of aryl methyl sites for hydroxylation is 1. The molecule has 0 aromatic heterocycles. The van der Waals surface area contributed by atoms with E-state index in [1.54, 1.807) is 18.2 Å². The minimum absolute atomic E-state index is 0.0972. The molecule has 0 saturated heterocycles. The van der Waals surface area contributed by atoms with Crippen molar-refractivity contribution in [1.82, 2.24) is 0 Å². The smallest absolute Gasteiger partial charge is 0.201 e. The van der Waals surface area contributed by atoms with Crippen molar-refractivity contribution in [3.63, 3.8) is 0 Å². The first-order chi connectivity index (χ1) is 16.9. The summed E-state index contributed by atoms with van der Waals surface area (Å²) in [5.74, 6) is -4.05. The van der Waals surface area contributed by atoms with Crippen molar-refractivity contribution in [2.75, 3.05) is 13.2 Å². The minimum atomic E-state index is -1.01. The van der Waals surface area contributed by atoms with Crippen LogP contribution < -0.4 is 9.47 Å². The summed E-state index contributed by atoms with van der Waals surface area (Å²) in [5.41, 5.74) is 2.16. The van der Waals surface area contributed by atoms with E-state index in [-0.39, 0.29) is 42.1 Å². The highest BCUT2D eigenvalue weighted by Gasteiger charge is 2.27. The van der Waals surface area contributed by atoms with Crippen LogP contribution in [0.5, 0.6) is 11.5 Å². The van der Waals surface area contributed by atoms with Gasteiger partial charge in [0.1, 0.15) is 6.61 Å². The van der Waals surface area contributed by atoms with Crippen LogP contribution in [0.25, 0.3) is 11.1 Å². The van der Waals surface area contributed by atoms with Gasteiger partial charge >= 0.3 is 0 Å². The van der Waals surface area contributed by atoms with Crippen molar-refractivity contribution in [3.8, 4) is 22.6 Å². The molecule has 0 atom stereocenters. The van der Waals surface area contributed by atoms with Crippen LogP contribution in [-0.4, -0.2) is 13.2 Å². The zero-order chi connectivity index (χ0) is 24.9. The molecular formula is C29H28F4O2. The Balaban J connectivity index is 1.35. The molecule has 4 rings (SSSR count). The van der Waals surface area contributed by atoms with Gasteiger partial charge in [-0.1, -0.05) is 48.6 Å². The number of ether oxygens (including phenoxy) is 2. The van der Waals surface area contributed by atoms with Gasteiger partial charge in [0.25, 0.3) is 0 Å². The summed E-state index contributed by atoms with van der Waals surface area (Å²) in [6, 6.07) is 13.2. The molecule has 1 aliphatic carbocycles. The maximum atomic E-state index is 14.7. The molecule has 0 N–H and O–H groups in total. The van der Waals surface area contributed by atoms with Gasteiger partial charge in [0.15, 0.2) is 23.1 Å². The normalized spacial score (nSPS) is 17.7. The number of benzene rings is 3. The van der Waals surface area contributed by atoms with Crippen molar-refractivity contribution in [2.24, 2.45) is 5.92 Å². The fourth-order valence-corrected chi connectivity index (χ4v) is 4.57. The van der Waals surface area contributed by atoms with Crippen LogP contribution in [0.15, 0.2) is 61.2 Å².